The summed E-state index contributed by atoms with van der Waals surface area (Å²) in [7, 11) is -3.24. The lowest BCUT2D eigenvalue weighted by Gasteiger charge is -2.28. The molecule has 0 rings (SSSR count). The zero-order valence-electron chi connectivity index (χ0n) is 28.1. The fraction of sp³-hybridized carbons (Fsp3) is 1.00. The smallest absolute Gasteiger partial charge is 0.0594 e. The summed E-state index contributed by atoms with van der Waals surface area (Å²) < 4.78 is 0. The predicted molar refractivity (Wildman–Crippen MR) is 185 cm³/mol. The monoisotopic (exact) mass is 596 g/mol. The topological polar surface area (TPSA) is 46.1 Å². The van der Waals surface area contributed by atoms with Gasteiger partial charge in [0, 0.05) is 14.5 Å². The average Bonchev–Trinajstić information content (AvgIpc) is 2.91. The van der Waals surface area contributed by atoms with E-state index in [9.17, 15) is 0 Å². The Balaban J connectivity index is -0.000000564. The Hall–Kier alpha value is 1.21. The molecule has 38 heavy (non-hydrogen) atoms. The van der Waals surface area contributed by atoms with E-state index in [0.717, 1.165) is 6.66 Å². The summed E-state index contributed by atoms with van der Waals surface area (Å²) in [4.78, 5) is 18.1. The number of hydrogen-bond acceptors (Lipinski definition) is 2. The summed E-state index contributed by atoms with van der Waals surface area (Å²) >= 11 is 0. The van der Waals surface area contributed by atoms with E-state index in [1.54, 1.807) is 49.3 Å². The SMILES string of the molecule is CCCC[P+](CCCC)(CCCC)CCCC.CCCC[P+](CCCC)(CCCC)CCCC.CP([O-])[O-]. The van der Waals surface area contributed by atoms with Crippen LogP contribution in [0.1, 0.15) is 158 Å². The predicted octanol–water partition coefficient (Wildman–Crippen LogP) is 11.1. The molecular weight excluding hydrogens is 521 g/mol. The number of unbranched alkanes of at least 4 members (excludes halogenated alkanes) is 8. The zero-order valence-corrected chi connectivity index (χ0v) is 30.8. The molecule has 0 aromatic carbocycles. The number of rotatable bonds is 24. The van der Waals surface area contributed by atoms with Crippen molar-refractivity contribution in [3.63, 3.8) is 0 Å². The molecule has 0 bridgehead atoms. The van der Waals surface area contributed by atoms with Crippen LogP contribution in [0.2, 0.25) is 0 Å². The van der Waals surface area contributed by atoms with E-state index in [-0.39, 0.29) is 0 Å². The molecule has 5 heteroatoms. The van der Waals surface area contributed by atoms with Gasteiger partial charge in [-0.05, 0) is 51.4 Å². The Morgan fingerprint density at radius 1 is 0.342 bits per heavy atom. The Bertz CT molecular complexity index is 319. The first-order valence-corrected chi connectivity index (χ1v) is 23.7. The van der Waals surface area contributed by atoms with Crippen molar-refractivity contribution < 1.29 is 9.79 Å². The van der Waals surface area contributed by atoms with Gasteiger partial charge in [-0.2, -0.15) is 0 Å². The third kappa shape index (κ3) is 28.7. The van der Waals surface area contributed by atoms with Gasteiger partial charge in [0.15, 0.2) is 0 Å². The molecule has 0 fully saturated rings. The largest absolute Gasteiger partial charge is 0.842 e. The van der Waals surface area contributed by atoms with Gasteiger partial charge in [-0.1, -0.05) is 113 Å². The molecule has 2 nitrogen and oxygen atoms in total. The first-order chi connectivity index (χ1) is 18.2. The van der Waals surface area contributed by atoms with Gasteiger partial charge in [0.05, 0.1) is 49.3 Å². The van der Waals surface area contributed by atoms with Crippen molar-refractivity contribution in [3.8, 4) is 0 Å². The van der Waals surface area contributed by atoms with Gasteiger partial charge < -0.3 is 18.2 Å². The minimum atomic E-state index is -2.12. The van der Waals surface area contributed by atoms with Crippen LogP contribution in [-0.4, -0.2) is 56.0 Å². The highest BCUT2D eigenvalue weighted by Gasteiger charge is 2.35. The van der Waals surface area contributed by atoms with Crippen molar-refractivity contribution in [1.29, 1.82) is 0 Å². The van der Waals surface area contributed by atoms with E-state index in [2.05, 4.69) is 55.4 Å². The van der Waals surface area contributed by atoms with Crippen molar-refractivity contribution in [2.75, 3.05) is 56.0 Å². The first-order valence-electron chi connectivity index (χ1n) is 17.0. The minimum absolute atomic E-state index is 0.562. The lowest BCUT2D eigenvalue weighted by atomic mass is 10.4. The van der Waals surface area contributed by atoms with Crippen molar-refractivity contribution >= 4 is 22.9 Å². The second-order valence-corrected chi connectivity index (χ2v) is 21.6. The second-order valence-electron chi connectivity index (χ2n) is 11.7. The Labute approximate surface area is 246 Å². The first kappa shape index (κ1) is 43.7. The van der Waals surface area contributed by atoms with Crippen molar-refractivity contribution in [3.05, 3.63) is 0 Å². The molecule has 0 radical (unpaired) electrons. The highest BCUT2D eigenvalue weighted by atomic mass is 31.2. The van der Waals surface area contributed by atoms with Crippen LogP contribution in [0, 0.1) is 0 Å². The molecule has 234 valence electrons. The van der Waals surface area contributed by atoms with Crippen LogP contribution < -0.4 is 9.79 Å². The molecule has 0 saturated heterocycles. The van der Waals surface area contributed by atoms with Gasteiger partial charge in [0.2, 0.25) is 0 Å². The summed E-state index contributed by atoms with van der Waals surface area (Å²) in [6, 6.07) is 0. The Morgan fingerprint density at radius 2 is 0.447 bits per heavy atom. The van der Waals surface area contributed by atoms with Gasteiger partial charge in [0.1, 0.15) is 0 Å². The molecule has 0 heterocycles. The van der Waals surface area contributed by atoms with Crippen LogP contribution in [0.15, 0.2) is 0 Å². The fourth-order valence-electron chi connectivity index (χ4n) is 5.29. The molecule has 0 aliphatic heterocycles. The summed E-state index contributed by atoms with van der Waals surface area (Å²) in [5.74, 6) is 0. The van der Waals surface area contributed by atoms with Gasteiger partial charge in [0.25, 0.3) is 0 Å². The van der Waals surface area contributed by atoms with Crippen LogP contribution >= 0.6 is 22.9 Å². The van der Waals surface area contributed by atoms with Crippen LogP contribution in [0.3, 0.4) is 0 Å². The van der Waals surface area contributed by atoms with E-state index in [4.69, 9.17) is 9.79 Å². The van der Waals surface area contributed by atoms with Crippen molar-refractivity contribution in [2.24, 2.45) is 0 Å². The molecule has 0 aliphatic rings. The molecule has 0 atom stereocenters. The van der Waals surface area contributed by atoms with Crippen LogP contribution in [-0.2, 0) is 0 Å². The Kier molecular flexibility index (Phi) is 37.6. The quantitative estimate of drug-likeness (QED) is 0.104. The molecule has 0 spiro atoms. The average molecular weight is 597 g/mol. The maximum atomic E-state index is 9.04. The lowest BCUT2D eigenvalue weighted by Crippen LogP contribution is -2.12. The molecule has 0 unspecified atom stereocenters. The maximum Gasteiger partial charge on any atom is 0.0594 e. The van der Waals surface area contributed by atoms with E-state index in [0.29, 0.717) is 0 Å². The summed E-state index contributed by atoms with van der Waals surface area (Å²) in [6.45, 7) is 20.0. The molecule has 0 aliphatic carbocycles. The highest BCUT2D eigenvalue weighted by Crippen LogP contribution is 2.62. The molecule has 0 aromatic rings. The van der Waals surface area contributed by atoms with E-state index in [1.165, 1.54) is 103 Å². The fourth-order valence-corrected chi connectivity index (χ4v) is 15.9. The van der Waals surface area contributed by atoms with E-state index in [1.807, 2.05) is 0 Å². The van der Waals surface area contributed by atoms with Crippen LogP contribution in [0.25, 0.3) is 0 Å². The summed E-state index contributed by atoms with van der Waals surface area (Å²) in [5, 5.41) is 0. The summed E-state index contributed by atoms with van der Waals surface area (Å²) in [5.41, 5.74) is 0. The van der Waals surface area contributed by atoms with Gasteiger partial charge in [-0.3, -0.25) is 0 Å². The van der Waals surface area contributed by atoms with Crippen LogP contribution in [0.5, 0.6) is 0 Å². The normalized spacial score (nSPS) is 11.7. The van der Waals surface area contributed by atoms with Gasteiger partial charge in [-0.25, -0.2) is 0 Å². The zero-order chi connectivity index (χ0) is 29.5. The second kappa shape index (κ2) is 32.7. The van der Waals surface area contributed by atoms with Crippen molar-refractivity contribution in [2.45, 2.75) is 158 Å². The van der Waals surface area contributed by atoms with Crippen molar-refractivity contribution in [1.82, 2.24) is 0 Å². The third-order valence-corrected chi connectivity index (χ3v) is 18.0. The third-order valence-electron chi connectivity index (χ3n) is 7.89. The molecule has 0 aromatic heterocycles. The number of hydrogen-bond donors (Lipinski definition) is 0. The van der Waals surface area contributed by atoms with E-state index < -0.39 is 22.9 Å². The summed E-state index contributed by atoms with van der Waals surface area (Å²) in [6.07, 6.45) is 35.9. The lowest BCUT2D eigenvalue weighted by molar-refractivity contribution is -0.289. The molecule has 0 N–H and O–H groups in total. The molecule has 0 saturated carbocycles. The van der Waals surface area contributed by atoms with Gasteiger partial charge >= 0.3 is 0 Å². The standard InChI is InChI=1S/2C16H36P.CH3O2P/c2*1-5-9-13-17(14-10-6-2,15-11-7-3)16-12-8-4;1-4(2)3/h2*5-16H2,1-4H3;1H3/q2*+1;-2. The molecular formula is C33H75O2P3. The maximum absolute atomic E-state index is 9.04. The van der Waals surface area contributed by atoms with Crippen LogP contribution in [0.4, 0.5) is 0 Å². The Morgan fingerprint density at radius 3 is 0.526 bits per heavy atom. The van der Waals surface area contributed by atoms with Gasteiger partial charge in [-0.15, -0.1) is 0 Å². The molecule has 0 amide bonds. The van der Waals surface area contributed by atoms with E-state index >= 15 is 0 Å². The minimum Gasteiger partial charge on any atom is -0.842 e. The highest BCUT2D eigenvalue weighted by molar-refractivity contribution is 7.76.